The van der Waals surface area contributed by atoms with Crippen molar-refractivity contribution >= 4 is 22.4 Å². The maximum absolute atomic E-state index is 13.0. The Morgan fingerprint density at radius 1 is 1.25 bits per heavy atom. The number of fused-ring (bicyclic) bond motifs is 2. The minimum absolute atomic E-state index is 0.194. The van der Waals surface area contributed by atoms with Crippen LogP contribution in [0.5, 0.6) is 0 Å². The fraction of sp³-hybridized carbons (Fsp3) is 0.778. The third-order valence-electron chi connectivity index (χ3n) is 6.07. The molecule has 3 saturated heterocycles. The molecular formula is C18H28N4OS. The van der Waals surface area contributed by atoms with Crippen molar-refractivity contribution < 1.29 is 4.79 Å². The van der Waals surface area contributed by atoms with Gasteiger partial charge in [-0.1, -0.05) is 0 Å². The van der Waals surface area contributed by atoms with Gasteiger partial charge in [0.2, 0.25) is 5.91 Å². The molecule has 2 atom stereocenters. The number of amides is 1. The highest BCUT2D eigenvalue weighted by molar-refractivity contribution is 7.13. The number of carbonyl (C=O) groups excluding carboxylic acids is 1. The van der Waals surface area contributed by atoms with Crippen molar-refractivity contribution in [3.8, 4) is 0 Å². The van der Waals surface area contributed by atoms with Gasteiger partial charge in [0.05, 0.1) is 5.69 Å². The largest absolute Gasteiger partial charge is 0.348 e. The first-order valence-electron chi connectivity index (χ1n) is 9.30. The van der Waals surface area contributed by atoms with E-state index in [9.17, 15) is 4.79 Å². The summed E-state index contributed by atoms with van der Waals surface area (Å²) in [6, 6.07) is 1.72. The number of rotatable bonds is 3. The van der Waals surface area contributed by atoms with Gasteiger partial charge in [-0.3, -0.25) is 4.79 Å². The molecule has 3 aliphatic rings. The Kier molecular flexibility index (Phi) is 4.52. The Morgan fingerprint density at radius 2 is 1.92 bits per heavy atom. The van der Waals surface area contributed by atoms with Crippen LogP contribution in [-0.4, -0.2) is 54.1 Å². The number of aromatic nitrogens is 1. The Morgan fingerprint density at radius 3 is 2.50 bits per heavy atom. The van der Waals surface area contributed by atoms with Crippen molar-refractivity contribution in [3.63, 3.8) is 0 Å². The van der Waals surface area contributed by atoms with Crippen molar-refractivity contribution in [1.82, 2.24) is 15.2 Å². The van der Waals surface area contributed by atoms with Crippen LogP contribution in [0.1, 0.15) is 44.2 Å². The van der Waals surface area contributed by atoms with Crippen LogP contribution in [0.15, 0.2) is 5.38 Å². The fourth-order valence-corrected chi connectivity index (χ4v) is 5.47. The molecule has 5 nitrogen and oxygen atoms in total. The van der Waals surface area contributed by atoms with Gasteiger partial charge in [-0.05, 0) is 45.4 Å². The molecule has 0 spiro atoms. The van der Waals surface area contributed by atoms with Crippen LogP contribution in [0.4, 0.5) is 5.13 Å². The van der Waals surface area contributed by atoms with E-state index in [1.807, 2.05) is 14.0 Å². The molecule has 0 radical (unpaired) electrons. The molecule has 132 valence electrons. The molecule has 1 aromatic rings. The predicted molar refractivity (Wildman–Crippen MR) is 97.5 cm³/mol. The topological polar surface area (TPSA) is 48.5 Å². The normalized spacial score (nSPS) is 30.6. The highest BCUT2D eigenvalue weighted by Gasteiger charge is 2.38. The number of piperidine rings is 2. The van der Waals surface area contributed by atoms with E-state index in [0.29, 0.717) is 24.0 Å². The third-order valence-corrected chi connectivity index (χ3v) is 7.08. The van der Waals surface area contributed by atoms with Gasteiger partial charge in [-0.2, -0.15) is 0 Å². The van der Waals surface area contributed by atoms with Crippen LogP contribution in [0.3, 0.4) is 0 Å². The maximum Gasteiger partial charge on any atom is 0.225 e. The summed E-state index contributed by atoms with van der Waals surface area (Å²) in [5.74, 6) is 0.566. The molecule has 0 aromatic carbocycles. The van der Waals surface area contributed by atoms with E-state index < -0.39 is 0 Å². The number of anilines is 1. The second-order valence-corrected chi connectivity index (χ2v) is 8.58. The molecule has 24 heavy (non-hydrogen) atoms. The number of hydrogen-bond donors (Lipinski definition) is 1. The van der Waals surface area contributed by atoms with Crippen molar-refractivity contribution in [1.29, 1.82) is 0 Å². The lowest BCUT2D eigenvalue weighted by Crippen LogP contribution is -2.51. The second-order valence-electron chi connectivity index (χ2n) is 7.75. The Labute approximate surface area is 148 Å². The van der Waals surface area contributed by atoms with E-state index in [2.05, 4.69) is 25.5 Å². The summed E-state index contributed by atoms with van der Waals surface area (Å²) in [4.78, 5) is 22.0. The van der Waals surface area contributed by atoms with E-state index in [4.69, 9.17) is 0 Å². The summed E-state index contributed by atoms with van der Waals surface area (Å²) in [7, 11) is 2.04. The van der Waals surface area contributed by atoms with Crippen LogP contribution in [0.2, 0.25) is 0 Å². The van der Waals surface area contributed by atoms with Crippen LogP contribution in [-0.2, 0) is 4.79 Å². The monoisotopic (exact) mass is 348 g/mol. The zero-order valence-electron chi connectivity index (χ0n) is 14.7. The second kappa shape index (κ2) is 6.64. The first-order chi connectivity index (χ1) is 11.6. The van der Waals surface area contributed by atoms with Crippen molar-refractivity contribution in [3.05, 3.63) is 11.1 Å². The molecule has 1 aromatic heterocycles. The molecule has 1 N–H and O–H groups in total. The summed E-state index contributed by atoms with van der Waals surface area (Å²) in [5.41, 5.74) is 1.09. The lowest BCUT2D eigenvalue weighted by molar-refractivity contribution is -0.137. The molecule has 6 heteroatoms. The lowest BCUT2D eigenvalue weighted by Gasteiger charge is -2.39. The van der Waals surface area contributed by atoms with Crippen molar-refractivity contribution in [2.24, 2.45) is 5.92 Å². The van der Waals surface area contributed by atoms with Gasteiger partial charge in [-0.15, -0.1) is 11.3 Å². The molecule has 2 bridgehead atoms. The first-order valence-corrected chi connectivity index (χ1v) is 10.2. The average Bonchev–Trinajstić information content (AvgIpc) is 3.18. The number of aryl methyl sites for hydroxylation is 1. The fourth-order valence-electron chi connectivity index (χ4n) is 4.62. The van der Waals surface area contributed by atoms with Crippen molar-refractivity contribution in [2.45, 2.75) is 63.6 Å². The quantitative estimate of drug-likeness (QED) is 0.911. The van der Waals surface area contributed by atoms with Crippen LogP contribution in [0.25, 0.3) is 0 Å². The summed E-state index contributed by atoms with van der Waals surface area (Å²) in [6.45, 7) is 3.95. The molecule has 1 amide bonds. The molecule has 2 unspecified atom stereocenters. The van der Waals surface area contributed by atoms with Gasteiger partial charge in [0, 0.05) is 49.6 Å². The van der Waals surface area contributed by atoms with E-state index in [-0.39, 0.29) is 5.92 Å². The maximum atomic E-state index is 13.0. The average molecular weight is 349 g/mol. The van der Waals surface area contributed by atoms with Gasteiger partial charge >= 0.3 is 0 Å². The number of hydrogen-bond acceptors (Lipinski definition) is 5. The number of nitrogens with one attached hydrogen (secondary N) is 1. The summed E-state index contributed by atoms with van der Waals surface area (Å²) < 4.78 is 0. The Bertz CT molecular complexity index is 584. The minimum atomic E-state index is 0.194. The van der Waals surface area contributed by atoms with E-state index in [1.54, 1.807) is 11.3 Å². The number of carbonyl (C=O) groups is 1. The smallest absolute Gasteiger partial charge is 0.225 e. The molecule has 4 rings (SSSR count). The Balaban J connectivity index is 1.32. The van der Waals surface area contributed by atoms with Crippen molar-refractivity contribution in [2.75, 3.05) is 25.0 Å². The highest BCUT2D eigenvalue weighted by atomic mass is 32.1. The van der Waals surface area contributed by atoms with Gasteiger partial charge < -0.3 is 15.1 Å². The number of thiazole rings is 1. The molecule has 0 saturated carbocycles. The number of nitrogens with zero attached hydrogens (tertiary/aromatic N) is 3. The summed E-state index contributed by atoms with van der Waals surface area (Å²) >= 11 is 1.71. The minimum Gasteiger partial charge on any atom is -0.348 e. The SMILES string of the molecule is Cc1csc(N2CCC(C(=O)N(C)C3CC4CCC(C3)N4)CC2)n1. The Hall–Kier alpha value is -1.14. The zero-order chi connectivity index (χ0) is 16.7. The predicted octanol–water partition coefficient (Wildman–Crippen LogP) is 2.41. The van der Waals surface area contributed by atoms with Gasteiger partial charge in [0.15, 0.2) is 5.13 Å². The molecule has 4 heterocycles. The molecular weight excluding hydrogens is 320 g/mol. The van der Waals surface area contributed by atoms with Crippen LogP contribution >= 0.6 is 11.3 Å². The zero-order valence-corrected chi connectivity index (χ0v) is 15.5. The molecule has 0 aliphatic carbocycles. The van der Waals surface area contributed by atoms with Gasteiger partial charge in [-0.25, -0.2) is 4.98 Å². The van der Waals surface area contributed by atoms with Gasteiger partial charge in [0.25, 0.3) is 0 Å². The van der Waals surface area contributed by atoms with E-state index in [0.717, 1.165) is 49.6 Å². The molecule has 3 fully saturated rings. The van der Waals surface area contributed by atoms with E-state index >= 15 is 0 Å². The molecule has 3 aliphatic heterocycles. The standard InChI is InChI=1S/C18H28N4OS/c1-12-11-24-18(19-12)22-7-5-13(6-8-22)17(23)21(2)16-9-14-3-4-15(10-16)20-14/h11,13-16,20H,3-10H2,1-2H3. The van der Waals surface area contributed by atoms with Gasteiger partial charge in [0.1, 0.15) is 0 Å². The van der Waals surface area contributed by atoms with Crippen LogP contribution < -0.4 is 10.2 Å². The first kappa shape index (κ1) is 16.3. The summed E-state index contributed by atoms with van der Waals surface area (Å²) in [5, 5.41) is 6.88. The third kappa shape index (κ3) is 3.18. The lowest BCUT2D eigenvalue weighted by atomic mass is 9.92. The summed E-state index contributed by atoms with van der Waals surface area (Å²) in [6.07, 6.45) is 6.76. The van der Waals surface area contributed by atoms with Crippen LogP contribution in [0, 0.1) is 12.8 Å². The van der Waals surface area contributed by atoms with E-state index in [1.165, 1.54) is 12.8 Å². The highest BCUT2D eigenvalue weighted by Crippen LogP contribution is 2.31.